The number of esters is 1. The van der Waals surface area contributed by atoms with Crippen LogP contribution in [0.3, 0.4) is 0 Å². The molecule has 0 bridgehead atoms. The molecule has 1 heterocycles. The van der Waals surface area contributed by atoms with Gasteiger partial charge < -0.3 is 10.1 Å². The molecule has 1 saturated carbocycles. The highest BCUT2D eigenvalue weighted by Crippen LogP contribution is 2.31. The van der Waals surface area contributed by atoms with E-state index in [9.17, 15) is 14.9 Å². The Labute approximate surface area is 205 Å². The fourth-order valence-electron chi connectivity index (χ4n) is 4.63. The summed E-state index contributed by atoms with van der Waals surface area (Å²) < 4.78 is 4.88. The van der Waals surface area contributed by atoms with E-state index in [2.05, 4.69) is 22.2 Å². The Balaban J connectivity index is 1.41. The molecule has 3 aromatic rings. The quantitative estimate of drug-likeness (QED) is 0.259. The second kappa shape index (κ2) is 11.1. The number of ether oxygens (including phenoxy) is 1. The molecular weight excluding hydrogens is 444 g/mol. The van der Waals surface area contributed by atoms with Crippen molar-refractivity contribution in [1.29, 1.82) is 0 Å². The van der Waals surface area contributed by atoms with Crippen LogP contribution < -0.4 is 5.32 Å². The van der Waals surface area contributed by atoms with E-state index < -0.39 is 4.92 Å². The van der Waals surface area contributed by atoms with Crippen LogP contribution in [0.5, 0.6) is 0 Å². The number of nitro groups is 1. The first-order chi connectivity index (χ1) is 16.9. The van der Waals surface area contributed by atoms with Crippen LogP contribution >= 0.6 is 0 Å². The number of methoxy groups -OCH3 is 1. The van der Waals surface area contributed by atoms with Crippen LogP contribution in [0, 0.1) is 16.0 Å². The number of carbonyl (C=O) groups excluding carboxylic acids is 1. The highest BCUT2D eigenvalue weighted by atomic mass is 16.6. The van der Waals surface area contributed by atoms with Crippen molar-refractivity contribution in [1.82, 2.24) is 9.88 Å². The highest BCUT2D eigenvalue weighted by molar-refractivity contribution is 5.72. The largest absolute Gasteiger partial charge is 0.469 e. The Morgan fingerprint density at radius 2 is 1.74 bits per heavy atom. The molecule has 1 aliphatic carbocycles. The summed E-state index contributed by atoms with van der Waals surface area (Å²) in [6.07, 6.45) is 3.67. The van der Waals surface area contributed by atoms with Gasteiger partial charge in [-0.25, -0.2) is 4.98 Å². The maximum absolute atomic E-state index is 11.8. The molecule has 35 heavy (non-hydrogen) atoms. The van der Waals surface area contributed by atoms with Gasteiger partial charge in [-0.1, -0.05) is 42.5 Å². The van der Waals surface area contributed by atoms with Crippen molar-refractivity contribution >= 4 is 23.2 Å². The Morgan fingerprint density at radius 1 is 1.06 bits per heavy atom. The van der Waals surface area contributed by atoms with E-state index in [1.54, 1.807) is 6.07 Å². The summed E-state index contributed by atoms with van der Waals surface area (Å²) in [4.78, 5) is 29.7. The Morgan fingerprint density at radius 3 is 2.37 bits per heavy atom. The zero-order valence-electron chi connectivity index (χ0n) is 20.0. The first kappa shape index (κ1) is 24.3. The topological polar surface area (TPSA) is 97.6 Å². The third-order valence-corrected chi connectivity index (χ3v) is 6.64. The van der Waals surface area contributed by atoms with Crippen molar-refractivity contribution in [2.24, 2.45) is 5.92 Å². The monoisotopic (exact) mass is 474 g/mol. The maximum Gasteiger partial charge on any atom is 0.311 e. The molecule has 0 saturated heterocycles. The molecular formula is C27H30N4O4. The van der Waals surface area contributed by atoms with E-state index in [1.807, 2.05) is 54.6 Å². The maximum atomic E-state index is 11.8. The normalized spacial score (nSPS) is 17.7. The van der Waals surface area contributed by atoms with Gasteiger partial charge in [0.15, 0.2) is 0 Å². The molecule has 1 N–H and O–H groups in total. The van der Waals surface area contributed by atoms with Gasteiger partial charge in [-0.05, 0) is 56.5 Å². The molecule has 0 radical (unpaired) electrons. The van der Waals surface area contributed by atoms with Gasteiger partial charge in [0.1, 0.15) is 0 Å². The number of nitrogens with zero attached hydrogens (tertiary/aromatic N) is 3. The van der Waals surface area contributed by atoms with Crippen molar-refractivity contribution in [3.05, 3.63) is 82.4 Å². The predicted molar refractivity (Wildman–Crippen MR) is 135 cm³/mol. The number of nitrogens with one attached hydrogen (secondary N) is 1. The molecule has 8 heteroatoms. The fourth-order valence-corrected chi connectivity index (χ4v) is 4.63. The minimum absolute atomic E-state index is 0.0214. The van der Waals surface area contributed by atoms with E-state index in [0.29, 0.717) is 11.7 Å². The summed E-state index contributed by atoms with van der Waals surface area (Å²) >= 11 is 0. The molecule has 0 atom stereocenters. The smallest absolute Gasteiger partial charge is 0.311 e. The van der Waals surface area contributed by atoms with E-state index in [-0.39, 0.29) is 23.4 Å². The lowest BCUT2D eigenvalue weighted by Crippen LogP contribution is -2.36. The number of anilines is 2. The van der Waals surface area contributed by atoms with Crippen molar-refractivity contribution < 1.29 is 14.5 Å². The van der Waals surface area contributed by atoms with Crippen LogP contribution in [0.1, 0.15) is 31.2 Å². The van der Waals surface area contributed by atoms with E-state index in [4.69, 9.17) is 4.74 Å². The van der Waals surface area contributed by atoms with Gasteiger partial charge in [-0.3, -0.25) is 19.8 Å². The standard InChI is InChI=1S/C27H30N4O4/c1-30(23-14-10-21(11-15-23)27(32)35-2)18-19-8-12-22(13-9-19)28-26-25(31(33)34)17-16-24(29-26)20-6-4-3-5-7-20/h3-9,12-13,16-17,21,23H,10-11,14-15,18H2,1-2H3,(H,28,29). The van der Waals surface area contributed by atoms with Gasteiger partial charge in [0.05, 0.1) is 23.6 Å². The number of aromatic nitrogens is 1. The van der Waals surface area contributed by atoms with Crippen LogP contribution in [0.4, 0.5) is 17.2 Å². The predicted octanol–water partition coefficient (Wildman–Crippen LogP) is 5.56. The molecule has 1 aliphatic rings. The van der Waals surface area contributed by atoms with Gasteiger partial charge in [-0.2, -0.15) is 0 Å². The molecule has 0 amide bonds. The third-order valence-electron chi connectivity index (χ3n) is 6.64. The lowest BCUT2D eigenvalue weighted by Gasteiger charge is -2.33. The first-order valence-electron chi connectivity index (χ1n) is 11.8. The SMILES string of the molecule is COC(=O)C1CCC(N(C)Cc2ccc(Nc3nc(-c4ccccc4)ccc3[N+](=O)[O-])cc2)CC1. The molecule has 2 aromatic carbocycles. The Kier molecular flexibility index (Phi) is 7.72. The second-order valence-electron chi connectivity index (χ2n) is 8.95. The molecule has 4 rings (SSSR count). The van der Waals surface area contributed by atoms with E-state index >= 15 is 0 Å². The van der Waals surface area contributed by atoms with E-state index in [0.717, 1.165) is 49.0 Å². The number of hydrogen-bond donors (Lipinski definition) is 1. The van der Waals surface area contributed by atoms with Crippen molar-refractivity contribution in [3.63, 3.8) is 0 Å². The first-order valence-corrected chi connectivity index (χ1v) is 11.8. The zero-order valence-corrected chi connectivity index (χ0v) is 20.0. The van der Waals surface area contributed by atoms with Crippen LogP contribution in [-0.4, -0.2) is 41.0 Å². The lowest BCUT2D eigenvalue weighted by molar-refractivity contribution is -0.384. The van der Waals surface area contributed by atoms with Crippen LogP contribution in [-0.2, 0) is 16.1 Å². The van der Waals surface area contributed by atoms with Crippen LogP contribution in [0.25, 0.3) is 11.3 Å². The summed E-state index contributed by atoms with van der Waals surface area (Å²) in [6.45, 7) is 0.787. The summed E-state index contributed by atoms with van der Waals surface area (Å²) in [5.41, 5.74) is 3.36. The summed E-state index contributed by atoms with van der Waals surface area (Å²) in [7, 11) is 3.56. The Hall–Kier alpha value is -3.78. The highest BCUT2D eigenvalue weighted by Gasteiger charge is 2.28. The molecule has 1 fully saturated rings. The fraction of sp³-hybridized carbons (Fsp3) is 0.333. The molecule has 8 nitrogen and oxygen atoms in total. The number of hydrogen-bond acceptors (Lipinski definition) is 7. The summed E-state index contributed by atoms with van der Waals surface area (Å²) in [5, 5.41) is 14.7. The number of benzene rings is 2. The summed E-state index contributed by atoms with van der Waals surface area (Å²) in [6, 6.07) is 21.0. The lowest BCUT2D eigenvalue weighted by atomic mass is 9.85. The minimum Gasteiger partial charge on any atom is -0.469 e. The van der Waals surface area contributed by atoms with Gasteiger partial charge in [0, 0.05) is 29.9 Å². The summed E-state index contributed by atoms with van der Waals surface area (Å²) in [5.74, 6) is 0.134. The van der Waals surface area contributed by atoms with Crippen LogP contribution in [0.2, 0.25) is 0 Å². The van der Waals surface area contributed by atoms with Crippen LogP contribution in [0.15, 0.2) is 66.7 Å². The van der Waals surface area contributed by atoms with Crippen molar-refractivity contribution in [3.8, 4) is 11.3 Å². The molecule has 0 spiro atoms. The zero-order chi connectivity index (χ0) is 24.8. The van der Waals surface area contributed by atoms with Crippen molar-refractivity contribution in [2.45, 2.75) is 38.3 Å². The average molecular weight is 475 g/mol. The second-order valence-corrected chi connectivity index (χ2v) is 8.95. The Bertz CT molecular complexity index is 1160. The minimum atomic E-state index is -0.428. The van der Waals surface area contributed by atoms with Crippen molar-refractivity contribution in [2.75, 3.05) is 19.5 Å². The molecule has 182 valence electrons. The molecule has 1 aromatic heterocycles. The van der Waals surface area contributed by atoms with Gasteiger partial charge in [0.25, 0.3) is 0 Å². The number of carbonyl (C=O) groups is 1. The van der Waals surface area contributed by atoms with Gasteiger partial charge in [-0.15, -0.1) is 0 Å². The molecule has 0 unspecified atom stereocenters. The number of rotatable bonds is 8. The van der Waals surface area contributed by atoms with E-state index in [1.165, 1.54) is 13.2 Å². The third kappa shape index (κ3) is 6.02. The van der Waals surface area contributed by atoms with Gasteiger partial charge >= 0.3 is 11.7 Å². The average Bonchev–Trinajstić information content (AvgIpc) is 2.89. The number of pyridine rings is 1. The molecule has 0 aliphatic heterocycles. The van der Waals surface area contributed by atoms with Gasteiger partial charge in [0.2, 0.25) is 5.82 Å².